The molecule has 0 aliphatic carbocycles. The second-order valence-corrected chi connectivity index (χ2v) is 3.66. The van der Waals surface area contributed by atoms with Crippen molar-refractivity contribution in [1.29, 1.82) is 0 Å². The molecule has 5 nitrogen and oxygen atoms in total. The van der Waals surface area contributed by atoms with Crippen molar-refractivity contribution in [3.8, 4) is 0 Å². The number of halogens is 1. The van der Waals surface area contributed by atoms with Gasteiger partial charge in [-0.15, -0.1) is 5.10 Å². The van der Waals surface area contributed by atoms with E-state index in [0.717, 1.165) is 0 Å². The van der Waals surface area contributed by atoms with Gasteiger partial charge in [-0.1, -0.05) is 17.3 Å². The number of benzene rings is 1. The van der Waals surface area contributed by atoms with Crippen LogP contribution in [0.3, 0.4) is 0 Å². The third-order valence-electron chi connectivity index (χ3n) is 2.34. The van der Waals surface area contributed by atoms with Crippen LogP contribution in [-0.4, -0.2) is 25.2 Å². The Morgan fingerprint density at radius 2 is 2.24 bits per heavy atom. The molecule has 0 amide bonds. The normalized spacial score (nSPS) is 12.6. The highest BCUT2D eigenvalue weighted by atomic mass is 19.1. The maximum Gasteiger partial charge on any atom is 0.123 e. The molecule has 0 saturated heterocycles. The first-order valence-corrected chi connectivity index (χ1v) is 5.12. The molecule has 2 N–H and O–H groups in total. The van der Waals surface area contributed by atoms with Crippen molar-refractivity contribution in [2.75, 3.05) is 0 Å². The van der Waals surface area contributed by atoms with E-state index >= 15 is 0 Å². The fraction of sp³-hybridized carbons (Fsp3) is 0.273. The van der Waals surface area contributed by atoms with E-state index in [4.69, 9.17) is 5.11 Å². The summed E-state index contributed by atoms with van der Waals surface area (Å²) in [6.45, 7) is -0.0352. The minimum Gasteiger partial charge on any atom is -0.390 e. The van der Waals surface area contributed by atoms with E-state index in [2.05, 4.69) is 10.3 Å². The van der Waals surface area contributed by atoms with E-state index in [1.807, 2.05) is 0 Å². The number of aliphatic hydroxyl groups excluding tert-OH is 2. The standard InChI is InChI=1S/C11H12FN3O2/c12-9-3-1-2-8(4-9)11(17)6-15-5-10(7-16)13-14-15/h1-5,11,16-17H,6-7H2. The number of aromatic nitrogens is 3. The van der Waals surface area contributed by atoms with Crippen LogP contribution in [-0.2, 0) is 13.2 Å². The zero-order chi connectivity index (χ0) is 12.3. The lowest BCUT2D eigenvalue weighted by Crippen LogP contribution is -2.09. The Labute approximate surface area is 97.1 Å². The van der Waals surface area contributed by atoms with Crippen LogP contribution < -0.4 is 0 Å². The molecule has 1 unspecified atom stereocenters. The summed E-state index contributed by atoms with van der Waals surface area (Å²) in [6.07, 6.45) is 0.668. The molecule has 1 aromatic heterocycles. The van der Waals surface area contributed by atoms with E-state index in [9.17, 15) is 9.50 Å². The Bertz CT molecular complexity index is 501. The predicted molar refractivity (Wildman–Crippen MR) is 57.3 cm³/mol. The summed E-state index contributed by atoms with van der Waals surface area (Å²) >= 11 is 0. The van der Waals surface area contributed by atoms with Gasteiger partial charge < -0.3 is 10.2 Å². The second-order valence-electron chi connectivity index (χ2n) is 3.66. The number of rotatable bonds is 4. The van der Waals surface area contributed by atoms with Crippen LogP contribution in [0.25, 0.3) is 0 Å². The van der Waals surface area contributed by atoms with Crippen LogP contribution >= 0.6 is 0 Å². The molecule has 0 fully saturated rings. The molecule has 2 rings (SSSR count). The number of hydrogen-bond acceptors (Lipinski definition) is 4. The van der Waals surface area contributed by atoms with Crippen LogP contribution in [0.1, 0.15) is 17.4 Å². The molecular weight excluding hydrogens is 225 g/mol. The molecule has 0 aliphatic rings. The van der Waals surface area contributed by atoms with Gasteiger partial charge in [0.05, 0.1) is 25.5 Å². The van der Waals surface area contributed by atoms with Crippen molar-refractivity contribution in [1.82, 2.24) is 15.0 Å². The molecule has 17 heavy (non-hydrogen) atoms. The van der Waals surface area contributed by atoms with Gasteiger partial charge in [-0.2, -0.15) is 0 Å². The summed E-state index contributed by atoms with van der Waals surface area (Å²) in [4.78, 5) is 0. The third-order valence-corrected chi connectivity index (χ3v) is 2.34. The molecule has 1 atom stereocenters. The zero-order valence-corrected chi connectivity index (χ0v) is 8.99. The fourth-order valence-electron chi connectivity index (χ4n) is 1.50. The van der Waals surface area contributed by atoms with Gasteiger partial charge in [0.1, 0.15) is 11.5 Å². The van der Waals surface area contributed by atoms with Crippen molar-refractivity contribution in [2.24, 2.45) is 0 Å². The van der Waals surface area contributed by atoms with Gasteiger partial charge >= 0.3 is 0 Å². The second kappa shape index (κ2) is 5.03. The monoisotopic (exact) mass is 237 g/mol. The average Bonchev–Trinajstić information content (AvgIpc) is 2.77. The van der Waals surface area contributed by atoms with Crippen molar-refractivity contribution in [3.05, 3.63) is 47.5 Å². The minimum atomic E-state index is -0.862. The van der Waals surface area contributed by atoms with Gasteiger partial charge in [-0.25, -0.2) is 9.07 Å². The molecule has 6 heteroatoms. The Hall–Kier alpha value is -1.79. The van der Waals surface area contributed by atoms with Crippen LogP contribution in [0.2, 0.25) is 0 Å². The summed E-state index contributed by atoms with van der Waals surface area (Å²) < 4.78 is 14.3. The summed E-state index contributed by atoms with van der Waals surface area (Å²) in [6, 6.07) is 5.76. The molecule has 1 heterocycles. The van der Waals surface area contributed by atoms with E-state index in [1.165, 1.54) is 29.1 Å². The summed E-state index contributed by atoms with van der Waals surface area (Å²) in [7, 11) is 0. The van der Waals surface area contributed by atoms with Crippen LogP contribution in [0, 0.1) is 5.82 Å². The largest absolute Gasteiger partial charge is 0.390 e. The average molecular weight is 237 g/mol. The molecule has 0 bridgehead atoms. The Kier molecular flexibility index (Phi) is 3.46. The Morgan fingerprint density at radius 3 is 2.88 bits per heavy atom. The predicted octanol–water partition coefficient (Wildman–Crippen LogP) is 0.643. The highest BCUT2D eigenvalue weighted by molar-refractivity contribution is 5.18. The van der Waals surface area contributed by atoms with Crippen molar-refractivity contribution < 1.29 is 14.6 Å². The summed E-state index contributed by atoms with van der Waals surface area (Å²) in [5.74, 6) is -0.392. The number of aliphatic hydroxyl groups is 2. The molecule has 90 valence electrons. The lowest BCUT2D eigenvalue weighted by atomic mass is 10.1. The lowest BCUT2D eigenvalue weighted by Gasteiger charge is -2.10. The van der Waals surface area contributed by atoms with E-state index in [1.54, 1.807) is 6.07 Å². The van der Waals surface area contributed by atoms with Crippen molar-refractivity contribution in [2.45, 2.75) is 19.3 Å². The van der Waals surface area contributed by atoms with Crippen LogP contribution in [0.4, 0.5) is 4.39 Å². The topological polar surface area (TPSA) is 71.2 Å². The first-order valence-electron chi connectivity index (χ1n) is 5.12. The molecule has 0 saturated carbocycles. The molecule has 0 spiro atoms. The smallest absolute Gasteiger partial charge is 0.123 e. The Balaban J connectivity index is 2.08. The number of hydrogen-bond donors (Lipinski definition) is 2. The van der Waals surface area contributed by atoms with Gasteiger partial charge in [0.15, 0.2) is 0 Å². The fourth-order valence-corrected chi connectivity index (χ4v) is 1.50. The van der Waals surface area contributed by atoms with Crippen LogP contribution in [0.15, 0.2) is 30.5 Å². The molecule has 0 aliphatic heterocycles. The summed E-state index contributed by atoms with van der Waals surface area (Å²) in [5.41, 5.74) is 0.905. The van der Waals surface area contributed by atoms with Gasteiger partial charge in [0.2, 0.25) is 0 Å². The molecular formula is C11H12FN3O2. The van der Waals surface area contributed by atoms with Crippen molar-refractivity contribution in [3.63, 3.8) is 0 Å². The minimum absolute atomic E-state index is 0.163. The maximum absolute atomic E-state index is 12.9. The van der Waals surface area contributed by atoms with Gasteiger partial charge in [-0.3, -0.25) is 0 Å². The highest BCUT2D eigenvalue weighted by Crippen LogP contribution is 2.15. The lowest BCUT2D eigenvalue weighted by molar-refractivity contribution is 0.150. The van der Waals surface area contributed by atoms with Gasteiger partial charge in [0.25, 0.3) is 0 Å². The number of nitrogens with zero attached hydrogens (tertiary/aromatic N) is 3. The van der Waals surface area contributed by atoms with Crippen molar-refractivity contribution >= 4 is 0 Å². The highest BCUT2D eigenvalue weighted by Gasteiger charge is 2.10. The molecule has 0 radical (unpaired) electrons. The first kappa shape index (κ1) is 11.7. The summed E-state index contributed by atoms with van der Waals surface area (Å²) in [5, 5.41) is 26.1. The van der Waals surface area contributed by atoms with Crippen LogP contribution in [0.5, 0.6) is 0 Å². The zero-order valence-electron chi connectivity index (χ0n) is 8.99. The Morgan fingerprint density at radius 1 is 1.41 bits per heavy atom. The van der Waals surface area contributed by atoms with Gasteiger partial charge in [0, 0.05) is 0 Å². The third kappa shape index (κ3) is 2.86. The van der Waals surface area contributed by atoms with Gasteiger partial charge in [-0.05, 0) is 17.7 Å². The van der Waals surface area contributed by atoms with E-state index in [-0.39, 0.29) is 13.2 Å². The molecule has 2 aromatic rings. The van der Waals surface area contributed by atoms with E-state index < -0.39 is 11.9 Å². The first-order chi connectivity index (χ1) is 8.19. The quantitative estimate of drug-likeness (QED) is 0.818. The molecule has 1 aromatic carbocycles. The SMILES string of the molecule is OCc1cn(CC(O)c2cccc(F)c2)nn1. The van der Waals surface area contributed by atoms with E-state index in [0.29, 0.717) is 11.3 Å². The maximum atomic E-state index is 12.9.